The highest BCUT2D eigenvalue weighted by Crippen LogP contribution is 2.47. The van der Waals surface area contributed by atoms with E-state index >= 15 is 0 Å². The van der Waals surface area contributed by atoms with Crippen molar-refractivity contribution in [2.24, 2.45) is 5.92 Å². The van der Waals surface area contributed by atoms with Gasteiger partial charge in [0.25, 0.3) is 8.53 Å². The van der Waals surface area contributed by atoms with E-state index in [1.807, 2.05) is 20.8 Å². The molecule has 0 aliphatic rings. The standard InChI is InChI=1S/C20H38N3O4P/c1-8-18(14-22-20(25)11-10-19(24)15(2)3)27-28(26-13-9-12-21)23(16(4)5)17(6)7/h15-18H,8-11,13-14H2,1-7H3,(H,22,25). The zero-order valence-electron chi connectivity index (χ0n) is 18.5. The van der Waals surface area contributed by atoms with E-state index in [-0.39, 0.29) is 48.6 Å². The van der Waals surface area contributed by atoms with Gasteiger partial charge in [0.2, 0.25) is 5.91 Å². The summed E-state index contributed by atoms with van der Waals surface area (Å²) in [6.07, 6.45) is 1.29. The molecule has 0 bridgehead atoms. The summed E-state index contributed by atoms with van der Waals surface area (Å²) in [5.74, 6) is -0.0978. The van der Waals surface area contributed by atoms with E-state index < -0.39 is 8.53 Å². The lowest BCUT2D eigenvalue weighted by molar-refractivity contribution is -0.127. The average Bonchev–Trinajstić information content (AvgIpc) is 2.62. The Hall–Kier alpha value is -1.06. The molecule has 0 saturated heterocycles. The molecule has 0 saturated carbocycles. The largest absolute Gasteiger partial charge is 0.353 e. The van der Waals surface area contributed by atoms with Crippen LogP contribution in [0, 0.1) is 17.2 Å². The Labute approximate surface area is 172 Å². The van der Waals surface area contributed by atoms with E-state index in [4.69, 9.17) is 14.3 Å². The molecule has 8 heteroatoms. The highest BCUT2D eigenvalue weighted by molar-refractivity contribution is 7.44. The number of hydrogen-bond acceptors (Lipinski definition) is 6. The third-order valence-electron chi connectivity index (χ3n) is 4.13. The van der Waals surface area contributed by atoms with Crippen molar-refractivity contribution in [1.29, 1.82) is 5.26 Å². The number of Topliss-reactive ketones (excluding diaryl/α,β-unsaturated/α-hetero) is 1. The summed E-state index contributed by atoms with van der Waals surface area (Å²) in [6.45, 7) is 14.7. The van der Waals surface area contributed by atoms with Crippen molar-refractivity contribution in [2.45, 2.75) is 92.3 Å². The van der Waals surface area contributed by atoms with Crippen LogP contribution in [0.4, 0.5) is 0 Å². The number of carbonyl (C=O) groups is 2. The molecule has 0 aromatic heterocycles. The molecule has 0 aliphatic carbocycles. The molecule has 0 aliphatic heterocycles. The van der Waals surface area contributed by atoms with Gasteiger partial charge in [-0.2, -0.15) is 5.26 Å². The minimum absolute atomic E-state index is 0.0494. The summed E-state index contributed by atoms with van der Waals surface area (Å²) in [4.78, 5) is 23.7. The van der Waals surface area contributed by atoms with Crippen LogP contribution in [0.25, 0.3) is 0 Å². The van der Waals surface area contributed by atoms with Crippen LogP contribution in [0.3, 0.4) is 0 Å². The number of ketones is 1. The second kappa shape index (κ2) is 14.9. The molecule has 0 aromatic carbocycles. The molecule has 162 valence electrons. The van der Waals surface area contributed by atoms with Gasteiger partial charge in [-0.3, -0.25) is 9.59 Å². The Morgan fingerprint density at radius 3 is 2.18 bits per heavy atom. The lowest BCUT2D eigenvalue weighted by atomic mass is 10.0. The van der Waals surface area contributed by atoms with Crippen LogP contribution in [0.1, 0.15) is 74.1 Å². The lowest BCUT2D eigenvalue weighted by Crippen LogP contribution is -2.37. The van der Waals surface area contributed by atoms with Gasteiger partial charge < -0.3 is 14.4 Å². The van der Waals surface area contributed by atoms with Crippen LogP contribution < -0.4 is 5.32 Å². The molecular formula is C20H38N3O4P. The first-order valence-electron chi connectivity index (χ1n) is 10.2. The van der Waals surface area contributed by atoms with E-state index in [0.29, 0.717) is 19.6 Å². The molecule has 28 heavy (non-hydrogen) atoms. The van der Waals surface area contributed by atoms with E-state index in [1.165, 1.54) is 0 Å². The predicted octanol–water partition coefficient (Wildman–Crippen LogP) is 4.18. The zero-order chi connectivity index (χ0) is 21.7. The van der Waals surface area contributed by atoms with Crippen molar-refractivity contribution in [1.82, 2.24) is 9.99 Å². The maximum absolute atomic E-state index is 12.0. The molecule has 7 nitrogen and oxygen atoms in total. The first-order chi connectivity index (χ1) is 13.1. The van der Waals surface area contributed by atoms with Crippen molar-refractivity contribution in [3.05, 3.63) is 0 Å². The zero-order valence-corrected chi connectivity index (χ0v) is 19.4. The minimum Gasteiger partial charge on any atom is -0.353 e. The third kappa shape index (κ3) is 11.1. The first kappa shape index (κ1) is 26.9. The van der Waals surface area contributed by atoms with Gasteiger partial charge in [-0.05, 0) is 34.1 Å². The average molecular weight is 416 g/mol. The number of nitrogens with one attached hydrogen (secondary N) is 1. The summed E-state index contributed by atoms with van der Waals surface area (Å²) in [6, 6.07) is 2.53. The molecule has 0 radical (unpaired) electrons. The third-order valence-corrected chi connectivity index (χ3v) is 6.31. The molecule has 2 unspecified atom stereocenters. The van der Waals surface area contributed by atoms with Gasteiger partial charge in [0, 0.05) is 37.4 Å². The topological polar surface area (TPSA) is 91.7 Å². The van der Waals surface area contributed by atoms with Crippen LogP contribution in [0.5, 0.6) is 0 Å². The Bertz CT molecular complexity index is 498. The van der Waals surface area contributed by atoms with E-state index in [9.17, 15) is 9.59 Å². The van der Waals surface area contributed by atoms with Crippen molar-refractivity contribution >= 4 is 20.2 Å². The van der Waals surface area contributed by atoms with Gasteiger partial charge in [0.15, 0.2) is 0 Å². The molecule has 0 fully saturated rings. The molecule has 2 atom stereocenters. The van der Waals surface area contributed by atoms with Crippen molar-refractivity contribution in [3.8, 4) is 6.07 Å². The number of hydrogen-bond donors (Lipinski definition) is 1. The van der Waals surface area contributed by atoms with Gasteiger partial charge in [0.1, 0.15) is 5.78 Å². The van der Waals surface area contributed by atoms with E-state index in [0.717, 1.165) is 6.42 Å². The number of nitrogens with zero attached hydrogens (tertiary/aromatic N) is 2. The summed E-state index contributed by atoms with van der Waals surface area (Å²) >= 11 is 0. The van der Waals surface area contributed by atoms with Crippen LogP contribution >= 0.6 is 8.53 Å². The molecule has 1 N–H and O–H groups in total. The quantitative estimate of drug-likeness (QED) is 0.319. The van der Waals surface area contributed by atoms with Crippen LogP contribution in [-0.4, -0.2) is 47.7 Å². The molecular weight excluding hydrogens is 377 g/mol. The second-order valence-electron chi connectivity index (χ2n) is 7.61. The predicted molar refractivity (Wildman–Crippen MR) is 112 cm³/mol. The van der Waals surface area contributed by atoms with Crippen LogP contribution in [0.15, 0.2) is 0 Å². The SMILES string of the molecule is CCC(CNC(=O)CCC(=O)C(C)C)OP(OCCC#N)N(C(C)C)C(C)C. The van der Waals surface area contributed by atoms with Gasteiger partial charge in [-0.15, -0.1) is 0 Å². The molecule has 0 spiro atoms. The van der Waals surface area contributed by atoms with Gasteiger partial charge >= 0.3 is 0 Å². The van der Waals surface area contributed by atoms with Gasteiger partial charge in [-0.1, -0.05) is 20.8 Å². The Morgan fingerprint density at radius 1 is 1.11 bits per heavy atom. The fourth-order valence-electron chi connectivity index (χ4n) is 2.52. The number of nitriles is 1. The van der Waals surface area contributed by atoms with E-state index in [1.54, 1.807) is 0 Å². The van der Waals surface area contributed by atoms with Crippen molar-refractivity contribution < 1.29 is 18.6 Å². The fourth-order valence-corrected chi connectivity index (χ4v) is 4.30. The first-order valence-corrected chi connectivity index (χ1v) is 11.3. The van der Waals surface area contributed by atoms with Gasteiger partial charge in [0.05, 0.1) is 25.2 Å². The van der Waals surface area contributed by atoms with Crippen LogP contribution in [0.2, 0.25) is 0 Å². The summed E-state index contributed by atoms with van der Waals surface area (Å²) < 4.78 is 14.3. The Balaban J connectivity index is 4.80. The number of rotatable bonds is 15. The maximum atomic E-state index is 12.0. The fraction of sp³-hybridized carbons (Fsp3) is 0.850. The number of amides is 1. The summed E-state index contributed by atoms with van der Waals surface area (Å²) in [5, 5.41) is 11.7. The maximum Gasteiger partial charge on any atom is 0.259 e. The normalized spacial score (nSPS) is 13.8. The molecule has 0 rings (SSSR count). The highest BCUT2D eigenvalue weighted by atomic mass is 31.2. The molecule has 0 aromatic rings. The van der Waals surface area contributed by atoms with Crippen molar-refractivity contribution in [3.63, 3.8) is 0 Å². The minimum atomic E-state index is -1.34. The van der Waals surface area contributed by atoms with Gasteiger partial charge in [-0.25, -0.2) is 4.67 Å². The lowest BCUT2D eigenvalue weighted by Gasteiger charge is -2.37. The Kier molecular flexibility index (Phi) is 14.3. The summed E-state index contributed by atoms with van der Waals surface area (Å²) in [7, 11) is -1.34. The summed E-state index contributed by atoms with van der Waals surface area (Å²) in [5.41, 5.74) is 0. The second-order valence-corrected chi connectivity index (χ2v) is 9.01. The molecule has 0 heterocycles. The van der Waals surface area contributed by atoms with E-state index in [2.05, 4.69) is 43.8 Å². The number of carbonyl (C=O) groups excluding carboxylic acids is 2. The monoisotopic (exact) mass is 415 g/mol. The molecule has 1 amide bonds. The van der Waals surface area contributed by atoms with Crippen molar-refractivity contribution in [2.75, 3.05) is 13.2 Å². The van der Waals surface area contributed by atoms with Crippen LogP contribution in [-0.2, 0) is 18.6 Å². The highest BCUT2D eigenvalue weighted by Gasteiger charge is 2.29. The Morgan fingerprint density at radius 2 is 1.71 bits per heavy atom. The smallest absolute Gasteiger partial charge is 0.259 e.